The summed E-state index contributed by atoms with van der Waals surface area (Å²) in [6.07, 6.45) is 3.31. The van der Waals surface area contributed by atoms with Crippen molar-refractivity contribution < 1.29 is 9.47 Å². The summed E-state index contributed by atoms with van der Waals surface area (Å²) in [7, 11) is 1.86. The summed E-state index contributed by atoms with van der Waals surface area (Å²) in [5.74, 6) is 2.33. The molecule has 0 unspecified atom stereocenters. The first-order valence-corrected chi connectivity index (χ1v) is 7.01. The zero-order chi connectivity index (χ0) is 15.1. The maximum Gasteiger partial charge on any atom is 0.231 e. The van der Waals surface area contributed by atoms with E-state index in [2.05, 4.69) is 27.3 Å². The number of fused-ring (bicyclic) bond motifs is 2. The number of aromatic nitrogens is 4. The van der Waals surface area contributed by atoms with Gasteiger partial charge in [0.25, 0.3) is 0 Å². The van der Waals surface area contributed by atoms with Crippen LogP contribution in [0, 0.1) is 0 Å². The summed E-state index contributed by atoms with van der Waals surface area (Å²) in [5, 5.41) is 8.53. The molecule has 22 heavy (non-hydrogen) atoms. The molecule has 2 aromatic heterocycles. The van der Waals surface area contributed by atoms with Crippen molar-refractivity contribution in [3.8, 4) is 11.5 Å². The number of ether oxygens (including phenoxy) is 2. The van der Waals surface area contributed by atoms with Crippen LogP contribution in [-0.2, 0) is 7.05 Å². The first-order chi connectivity index (χ1) is 10.7. The van der Waals surface area contributed by atoms with Crippen LogP contribution in [-0.4, -0.2) is 26.5 Å². The number of aryl methyl sites for hydroxylation is 1. The summed E-state index contributed by atoms with van der Waals surface area (Å²) < 4.78 is 12.5. The van der Waals surface area contributed by atoms with Crippen LogP contribution in [0.15, 0.2) is 30.7 Å². The molecule has 112 valence electrons. The van der Waals surface area contributed by atoms with Crippen molar-refractivity contribution >= 4 is 16.9 Å². The minimum Gasteiger partial charge on any atom is -0.454 e. The molecule has 4 rings (SSSR count). The van der Waals surface area contributed by atoms with Gasteiger partial charge in [-0.3, -0.25) is 4.68 Å². The molecule has 3 aromatic rings. The van der Waals surface area contributed by atoms with Crippen LogP contribution in [0.4, 0.5) is 5.82 Å². The topological polar surface area (TPSA) is 74.1 Å². The van der Waals surface area contributed by atoms with Gasteiger partial charge in [0.1, 0.15) is 12.1 Å². The Bertz CT molecular complexity index is 845. The minimum absolute atomic E-state index is 0.0628. The smallest absolute Gasteiger partial charge is 0.231 e. The predicted octanol–water partition coefficient (Wildman–Crippen LogP) is 2.27. The van der Waals surface area contributed by atoms with E-state index in [9.17, 15) is 0 Å². The summed E-state index contributed by atoms with van der Waals surface area (Å²) in [5.41, 5.74) is 1.90. The largest absolute Gasteiger partial charge is 0.454 e. The van der Waals surface area contributed by atoms with E-state index in [1.807, 2.05) is 25.2 Å². The lowest BCUT2D eigenvalue weighted by atomic mass is 10.1. The molecule has 1 aliphatic heterocycles. The lowest BCUT2D eigenvalue weighted by molar-refractivity contribution is 0.174. The monoisotopic (exact) mass is 297 g/mol. The summed E-state index contributed by atoms with van der Waals surface area (Å²) in [6.45, 7) is 2.35. The van der Waals surface area contributed by atoms with Crippen LogP contribution >= 0.6 is 0 Å². The van der Waals surface area contributed by atoms with E-state index in [1.165, 1.54) is 0 Å². The predicted molar refractivity (Wildman–Crippen MR) is 80.9 cm³/mol. The van der Waals surface area contributed by atoms with Crippen LogP contribution in [0.2, 0.25) is 0 Å². The van der Waals surface area contributed by atoms with E-state index in [1.54, 1.807) is 17.2 Å². The molecule has 0 amide bonds. The maximum atomic E-state index is 5.42. The molecule has 0 fully saturated rings. The number of hydrogen-bond donors (Lipinski definition) is 1. The van der Waals surface area contributed by atoms with Gasteiger partial charge in [0.15, 0.2) is 17.1 Å². The van der Waals surface area contributed by atoms with E-state index in [0.717, 1.165) is 33.9 Å². The van der Waals surface area contributed by atoms with Crippen molar-refractivity contribution in [2.45, 2.75) is 13.0 Å². The number of hydrogen-bond acceptors (Lipinski definition) is 6. The molecule has 0 aliphatic carbocycles. The van der Waals surface area contributed by atoms with E-state index in [0.29, 0.717) is 0 Å². The Kier molecular flexibility index (Phi) is 2.85. The minimum atomic E-state index is 0.0628. The number of nitrogens with zero attached hydrogens (tertiary/aromatic N) is 4. The van der Waals surface area contributed by atoms with Crippen molar-refractivity contribution in [1.29, 1.82) is 0 Å². The van der Waals surface area contributed by atoms with Crippen LogP contribution in [0.3, 0.4) is 0 Å². The van der Waals surface area contributed by atoms with Gasteiger partial charge in [-0.15, -0.1) is 0 Å². The Morgan fingerprint density at radius 3 is 3.00 bits per heavy atom. The van der Waals surface area contributed by atoms with Gasteiger partial charge >= 0.3 is 0 Å². The molecule has 3 heterocycles. The van der Waals surface area contributed by atoms with Crippen molar-refractivity contribution in [2.24, 2.45) is 7.05 Å². The molecular weight excluding hydrogens is 282 g/mol. The Morgan fingerprint density at radius 1 is 1.23 bits per heavy atom. The van der Waals surface area contributed by atoms with Gasteiger partial charge in [-0.2, -0.15) is 5.10 Å². The Balaban J connectivity index is 1.64. The van der Waals surface area contributed by atoms with E-state index < -0.39 is 0 Å². The third kappa shape index (κ3) is 2.02. The zero-order valence-electron chi connectivity index (χ0n) is 12.3. The normalized spacial score (nSPS) is 14.3. The van der Waals surface area contributed by atoms with Gasteiger partial charge in [0.2, 0.25) is 6.79 Å². The SMILES string of the molecule is C[C@H](Nc1ncnc2c1cnn2C)c1ccc2c(c1)OCO2. The van der Waals surface area contributed by atoms with Crippen molar-refractivity contribution in [3.63, 3.8) is 0 Å². The number of benzene rings is 1. The zero-order valence-corrected chi connectivity index (χ0v) is 12.3. The quantitative estimate of drug-likeness (QED) is 0.799. The first kappa shape index (κ1) is 12.9. The standard InChI is InChI=1S/C15H15N5O2/c1-9(10-3-4-12-13(5-10)22-8-21-12)19-14-11-6-18-20(2)15(11)17-7-16-14/h3-7,9H,8H2,1-2H3,(H,16,17,19)/t9-/m0/s1. The van der Waals surface area contributed by atoms with Crippen LogP contribution in [0.1, 0.15) is 18.5 Å². The lowest BCUT2D eigenvalue weighted by Crippen LogP contribution is -2.08. The molecule has 1 aliphatic rings. The van der Waals surface area contributed by atoms with Gasteiger partial charge < -0.3 is 14.8 Å². The van der Waals surface area contributed by atoms with Gasteiger partial charge in [-0.1, -0.05) is 6.07 Å². The Hall–Kier alpha value is -2.83. The van der Waals surface area contributed by atoms with Crippen molar-refractivity contribution in [3.05, 3.63) is 36.3 Å². The second-order valence-corrected chi connectivity index (χ2v) is 5.21. The highest BCUT2D eigenvalue weighted by molar-refractivity contribution is 5.86. The summed E-state index contributed by atoms with van der Waals surface area (Å²) >= 11 is 0. The van der Waals surface area contributed by atoms with Gasteiger partial charge in [-0.25, -0.2) is 9.97 Å². The summed E-state index contributed by atoms with van der Waals surface area (Å²) in [6, 6.07) is 6.00. The second-order valence-electron chi connectivity index (χ2n) is 5.21. The molecule has 0 spiro atoms. The third-order valence-corrected chi connectivity index (χ3v) is 3.78. The first-order valence-electron chi connectivity index (χ1n) is 7.01. The number of anilines is 1. The highest BCUT2D eigenvalue weighted by atomic mass is 16.7. The molecule has 1 aromatic carbocycles. The second kappa shape index (κ2) is 4.87. The van der Waals surface area contributed by atoms with Crippen molar-refractivity contribution in [2.75, 3.05) is 12.1 Å². The maximum absolute atomic E-state index is 5.42. The van der Waals surface area contributed by atoms with E-state index >= 15 is 0 Å². The van der Waals surface area contributed by atoms with Gasteiger partial charge in [0.05, 0.1) is 17.6 Å². The fraction of sp³-hybridized carbons (Fsp3) is 0.267. The van der Waals surface area contributed by atoms with E-state index in [-0.39, 0.29) is 12.8 Å². The molecule has 0 bridgehead atoms. The van der Waals surface area contributed by atoms with Gasteiger partial charge in [0, 0.05) is 7.05 Å². The van der Waals surface area contributed by atoms with Crippen LogP contribution < -0.4 is 14.8 Å². The molecule has 0 saturated heterocycles. The number of nitrogens with one attached hydrogen (secondary N) is 1. The van der Waals surface area contributed by atoms with E-state index in [4.69, 9.17) is 9.47 Å². The molecule has 7 heteroatoms. The average Bonchev–Trinajstić information content (AvgIpc) is 3.14. The highest BCUT2D eigenvalue weighted by Crippen LogP contribution is 2.35. The molecular formula is C15H15N5O2. The van der Waals surface area contributed by atoms with Gasteiger partial charge in [-0.05, 0) is 24.6 Å². The molecule has 1 atom stereocenters. The molecule has 0 radical (unpaired) electrons. The molecule has 1 N–H and O–H groups in total. The fourth-order valence-corrected chi connectivity index (χ4v) is 2.55. The summed E-state index contributed by atoms with van der Waals surface area (Å²) in [4.78, 5) is 8.57. The fourth-order valence-electron chi connectivity index (χ4n) is 2.55. The Morgan fingerprint density at radius 2 is 2.09 bits per heavy atom. The third-order valence-electron chi connectivity index (χ3n) is 3.78. The van der Waals surface area contributed by atoms with Crippen LogP contribution in [0.5, 0.6) is 11.5 Å². The highest BCUT2D eigenvalue weighted by Gasteiger charge is 2.17. The lowest BCUT2D eigenvalue weighted by Gasteiger charge is -2.15. The number of rotatable bonds is 3. The molecule has 7 nitrogen and oxygen atoms in total. The van der Waals surface area contributed by atoms with Crippen LogP contribution in [0.25, 0.3) is 11.0 Å². The Labute approximate surface area is 126 Å². The van der Waals surface area contributed by atoms with Crippen molar-refractivity contribution in [1.82, 2.24) is 19.7 Å². The molecule has 0 saturated carbocycles. The average molecular weight is 297 g/mol.